The Morgan fingerprint density at radius 3 is 2.69 bits per heavy atom. The zero-order valence-corrected chi connectivity index (χ0v) is 15.9. The van der Waals surface area contributed by atoms with E-state index in [1.54, 1.807) is 31.5 Å². The number of nitrogens with zero attached hydrogens (tertiary/aromatic N) is 2. The van der Waals surface area contributed by atoms with Crippen molar-refractivity contribution in [1.29, 1.82) is 0 Å². The minimum absolute atomic E-state index is 0. The number of thiazole rings is 1. The summed E-state index contributed by atoms with van der Waals surface area (Å²) >= 11 is 1.33. The predicted molar refractivity (Wildman–Crippen MR) is 97.3 cm³/mol. The third kappa shape index (κ3) is 5.79. The smallest absolute Gasteiger partial charge is 0.387 e. The standard InChI is InChI=1S/C16H19F2N3O3S.ClH/c1-3-23-13-6-10(4-5-12(13)24-16(17)18)8-21(2)15(22)11-9-25-14(7-19)20-11;/h4-6,9,16H,3,7-8,19H2,1-2H3;1H. The molecule has 10 heteroatoms. The molecule has 0 aliphatic heterocycles. The molecule has 0 unspecified atom stereocenters. The molecule has 144 valence electrons. The summed E-state index contributed by atoms with van der Waals surface area (Å²) in [7, 11) is 1.63. The lowest BCUT2D eigenvalue weighted by molar-refractivity contribution is -0.0514. The summed E-state index contributed by atoms with van der Waals surface area (Å²) < 4.78 is 34.6. The van der Waals surface area contributed by atoms with Gasteiger partial charge in [-0.15, -0.1) is 23.7 Å². The Balaban J connectivity index is 0.00000338. The maximum absolute atomic E-state index is 12.4. The van der Waals surface area contributed by atoms with E-state index in [4.69, 9.17) is 10.5 Å². The first-order chi connectivity index (χ1) is 11.9. The fourth-order valence-electron chi connectivity index (χ4n) is 2.16. The SMILES string of the molecule is CCOc1cc(CN(C)C(=O)c2csc(CN)n2)ccc1OC(F)F.Cl. The van der Waals surface area contributed by atoms with E-state index in [2.05, 4.69) is 9.72 Å². The summed E-state index contributed by atoms with van der Waals surface area (Å²) in [4.78, 5) is 18.0. The molecule has 0 saturated carbocycles. The molecule has 0 atom stereocenters. The van der Waals surface area contributed by atoms with Crippen LogP contribution < -0.4 is 15.2 Å². The highest BCUT2D eigenvalue weighted by atomic mass is 35.5. The number of nitrogens with two attached hydrogens (primary N) is 1. The molecule has 1 amide bonds. The second kappa shape index (κ2) is 10.2. The lowest BCUT2D eigenvalue weighted by Crippen LogP contribution is -2.26. The fourth-order valence-corrected chi connectivity index (χ4v) is 2.81. The van der Waals surface area contributed by atoms with Crippen molar-refractivity contribution >= 4 is 29.7 Å². The fraction of sp³-hybridized carbons (Fsp3) is 0.375. The van der Waals surface area contributed by atoms with Crippen molar-refractivity contribution in [3.63, 3.8) is 0 Å². The van der Waals surface area contributed by atoms with Gasteiger partial charge in [0.2, 0.25) is 0 Å². The summed E-state index contributed by atoms with van der Waals surface area (Å²) in [6.07, 6.45) is 0. The Morgan fingerprint density at radius 2 is 2.12 bits per heavy atom. The van der Waals surface area contributed by atoms with Crippen LogP contribution in [-0.2, 0) is 13.1 Å². The van der Waals surface area contributed by atoms with Crippen molar-refractivity contribution < 1.29 is 23.0 Å². The third-order valence-corrected chi connectivity index (χ3v) is 4.11. The number of benzene rings is 1. The molecule has 2 aromatic rings. The molecule has 6 nitrogen and oxygen atoms in total. The number of ether oxygens (including phenoxy) is 2. The van der Waals surface area contributed by atoms with Gasteiger partial charge in [-0.05, 0) is 24.6 Å². The Labute approximate surface area is 160 Å². The van der Waals surface area contributed by atoms with E-state index in [0.29, 0.717) is 17.3 Å². The number of amides is 1. The van der Waals surface area contributed by atoms with E-state index in [9.17, 15) is 13.6 Å². The predicted octanol–water partition coefficient (Wildman–Crippen LogP) is 3.30. The zero-order valence-electron chi connectivity index (χ0n) is 14.3. The van der Waals surface area contributed by atoms with Crippen LogP contribution in [0.25, 0.3) is 0 Å². The second-order valence-electron chi connectivity index (χ2n) is 5.08. The molecule has 26 heavy (non-hydrogen) atoms. The average Bonchev–Trinajstić information content (AvgIpc) is 3.05. The Morgan fingerprint density at radius 1 is 1.38 bits per heavy atom. The van der Waals surface area contributed by atoms with Gasteiger partial charge < -0.3 is 20.1 Å². The van der Waals surface area contributed by atoms with Crippen LogP contribution in [0.1, 0.15) is 28.0 Å². The molecule has 1 aromatic heterocycles. The number of carbonyl (C=O) groups is 1. The number of alkyl halides is 2. The molecule has 0 spiro atoms. The van der Waals surface area contributed by atoms with E-state index >= 15 is 0 Å². The topological polar surface area (TPSA) is 77.7 Å². The minimum Gasteiger partial charge on any atom is -0.490 e. The van der Waals surface area contributed by atoms with Crippen LogP contribution in [0.2, 0.25) is 0 Å². The third-order valence-electron chi connectivity index (χ3n) is 3.24. The van der Waals surface area contributed by atoms with Crippen LogP contribution >= 0.6 is 23.7 Å². The lowest BCUT2D eigenvalue weighted by atomic mass is 10.2. The van der Waals surface area contributed by atoms with Crippen LogP contribution in [0.5, 0.6) is 11.5 Å². The van der Waals surface area contributed by atoms with Crippen LogP contribution in [0.15, 0.2) is 23.6 Å². The number of rotatable bonds is 8. The van der Waals surface area contributed by atoms with Crippen molar-refractivity contribution in [3.05, 3.63) is 39.8 Å². The summed E-state index contributed by atoms with van der Waals surface area (Å²) in [5.41, 5.74) is 6.55. The monoisotopic (exact) mass is 407 g/mol. The average molecular weight is 408 g/mol. The molecule has 0 aliphatic carbocycles. The molecule has 0 fully saturated rings. The van der Waals surface area contributed by atoms with Gasteiger partial charge in [-0.2, -0.15) is 8.78 Å². The summed E-state index contributed by atoms with van der Waals surface area (Å²) in [6.45, 7) is -0.339. The zero-order chi connectivity index (χ0) is 18.4. The van der Waals surface area contributed by atoms with Crippen molar-refractivity contribution in [3.8, 4) is 11.5 Å². The largest absolute Gasteiger partial charge is 0.490 e. The van der Waals surface area contributed by atoms with Crippen molar-refractivity contribution in [2.75, 3.05) is 13.7 Å². The highest BCUT2D eigenvalue weighted by molar-refractivity contribution is 7.09. The number of carbonyl (C=O) groups excluding carboxylic acids is 1. The number of aromatic nitrogens is 1. The van der Waals surface area contributed by atoms with Crippen LogP contribution in [0.4, 0.5) is 8.78 Å². The first kappa shape index (κ1) is 22.1. The Hall–Kier alpha value is -1.97. The van der Waals surface area contributed by atoms with Crippen molar-refractivity contribution in [2.24, 2.45) is 5.73 Å². The molecule has 2 rings (SSSR count). The van der Waals surface area contributed by atoms with E-state index in [-0.39, 0.29) is 42.9 Å². The minimum atomic E-state index is -2.93. The van der Waals surface area contributed by atoms with Gasteiger partial charge in [-0.1, -0.05) is 6.07 Å². The van der Waals surface area contributed by atoms with Gasteiger partial charge in [-0.25, -0.2) is 4.98 Å². The number of hydrogen-bond acceptors (Lipinski definition) is 6. The van der Waals surface area contributed by atoms with Gasteiger partial charge in [-0.3, -0.25) is 4.79 Å². The molecule has 0 saturated heterocycles. The van der Waals surface area contributed by atoms with Crippen LogP contribution in [0, 0.1) is 0 Å². The molecule has 1 aromatic carbocycles. The van der Waals surface area contributed by atoms with Crippen LogP contribution in [-0.4, -0.2) is 36.1 Å². The summed E-state index contributed by atoms with van der Waals surface area (Å²) in [6, 6.07) is 4.59. The quantitative estimate of drug-likeness (QED) is 0.726. The van der Waals surface area contributed by atoms with Gasteiger partial charge in [0.05, 0.1) is 6.61 Å². The van der Waals surface area contributed by atoms with Gasteiger partial charge in [0.15, 0.2) is 11.5 Å². The van der Waals surface area contributed by atoms with Gasteiger partial charge in [0, 0.05) is 25.5 Å². The van der Waals surface area contributed by atoms with E-state index in [1.807, 2.05) is 0 Å². The van der Waals surface area contributed by atoms with E-state index < -0.39 is 6.61 Å². The highest BCUT2D eigenvalue weighted by Gasteiger charge is 2.17. The number of halogens is 3. The Bertz CT molecular complexity index is 731. The maximum Gasteiger partial charge on any atom is 0.387 e. The molecule has 0 aliphatic rings. The second-order valence-corrected chi connectivity index (χ2v) is 6.03. The van der Waals surface area contributed by atoms with Gasteiger partial charge >= 0.3 is 6.61 Å². The molecular formula is C16H20ClF2N3O3S. The highest BCUT2D eigenvalue weighted by Crippen LogP contribution is 2.30. The first-order valence-electron chi connectivity index (χ1n) is 7.55. The van der Waals surface area contributed by atoms with Gasteiger partial charge in [0.25, 0.3) is 5.91 Å². The normalized spacial score (nSPS) is 10.4. The Kier molecular flexibility index (Phi) is 8.70. The molecule has 2 N–H and O–H groups in total. The van der Waals surface area contributed by atoms with E-state index in [0.717, 1.165) is 5.56 Å². The van der Waals surface area contributed by atoms with E-state index in [1.165, 1.54) is 22.3 Å². The molecule has 1 heterocycles. The molecule has 0 bridgehead atoms. The van der Waals surface area contributed by atoms with Gasteiger partial charge in [0.1, 0.15) is 10.7 Å². The summed E-state index contributed by atoms with van der Waals surface area (Å²) in [5.74, 6) is -0.0799. The van der Waals surface area contributed by atoms with Crippen LogP contribution in [0.3, 0.4) is 0 Å². The maximum atomic E-state index is 12.4. The van der Waals surface area contributed by atoms with Crippen molar-refractivity contribution in [1.82, 2.24) is 9.88 Å². The van der Waals surface area contributed by atoms with Crippen molar-refractivity contribution in [2.45, 2.75) is 26.6 Å². The molecular weight excluding hydrogens is 388 g/mol. The number of hydrogen-bond donors (Lipinski definition) is 1. The summed E-state index contributed by atoms with van der Waals surface area (Å²) in [5, 5.41) is 2.34. The molecule has 0 radical (unpaired) electrons. The lowest BCUT2D eigenvalue weighted by Gasteiger charge is -2.18. The first-order valence-corrected chi connectivity index (χ1v) is 8.43.